The first kappa shape index (κ1) is 14.0. The number of hydrogen-bond donors (Lipinski definition) is 3. The highest BCUT2D eigenvalue weighted by Gasteiger charge is 2.19. The lowest BCUT2D eigenvalue weighted by Gasteiger charge is -2.34. The molecule has 19 heavy (non-hydrogen) atoms. The smallest absolute Gasteiger partial charge is 0.143 e. The summed E-state index contributed by atoms with van der Waals surface area (Å²) in [6.07, 6.45) is 2.18. The Balaban J connectivity index is 1.94. The standard InChI is InChI=1S/C14H23N3O2/c1-19-14-10-12(2-3-13(14)15)17-7-4-11(5-8-17)16-6-9-18/h2-3,10-11,16,18H,4-9,15H2,1H3. The first-order valence-corrected chi connectivity index (χ1v) is 6.77. The number of aliphatic hydroxyl groups excluding tert-OH is 1. The third-order valence-corrected chi connectivity index (χ3v) is 3.62. The largest absolute Gasteiger partial charge is 0.495 e. The summed E-state index contributed by atoms with van der Waals surface area (Å²) in [7, 11) is 1.64. The number of nitrogens with one attached hydrogen (secondary N) is 1. The quantitative estimate of drug-likeness (QED) is 0.688. The lowest BCUT2D eigenvalue weighted by atomic mass is 10.0. The molecule has 4 N–H and O–H groups in total. The van der Waals surface area contributed by atoms with Crippen LogP contribution in [0.2, 0.25) is 0 Å². The van der Waals surface area contributed by atoms with Gasteiger partial charge in [0.1, 0.15) is 5.75 Å². The third kappa shape index (κ3) is 3.52. The molecule has 0 aromatic heterocycles. The van der Waals surface area contributed by atoms with Crippen LogP contribution in [0.15, 0.2) is 18.2 Å². The van der Waals surface area contributed by atoms with Crippen LogP contribution in [-0.2, 0) is 0 Å². The van der Waals surface area contributed by atoms with Gasteiger partial charge in [0.2, 0.25) is 0 Å². The van der Waals surface area contributed by atoms with Crippen molar-refractivity contribution in [3.63, 3.8) is 0 Å². The highest BCUT2D eigenvalue weighted by atomic mass is 16.5. The summed E-state index contributed by atoms with van der Waals surface area (Å²) in [5.41, 5.74) is 7.66. The van der Waals surface area contributed by atoms with Crippen LogP contribution < -0.4 is 20.7 Å². The molecular formula is C14H23N3O2. The van der Waals surface area contributed by atoms with Gasteiger partial charge in [-0.2, -0.15) is 0 Å². The number of rotatable bonds is 5. The Bertz CT molecular complexity index is 404. The minimum atomic E-state index is 0.204. The van der Waals surface area contributed by atoms with Crippen LogP contribution in [0.5, 0.6) is 5.75 Å². The van der Waals surface area contributed by atoms with Gasteiger partial charge >= 0.3 is 0 Å². The molecule has 0 amide bonds. The summed E-state index contributed by atoms with van der Waals surface area (Å²) < 4.78 is 5.26. The second-order valence-corrected chi connectivity index (χ2v) is 4.87. The van der Waals surface area contributed by atoms with Gasteiger partial charge < -0.3 is 25.8 Å². The summed E-state index contributed by atoms with van der Waals surface area (Å²) in [6.45, 7) is 2.90. The summed E-state index contributed by atoms with van der Waals surface area (Å²) in [5, 5.41) is 12.2. The molecule has 5 heteroatoms. The van der Waals surface area contributed by atoms with E-state index in [9.17, 15) is 0 Å². The lowest BCUT2D eigenvalue weighted by molar-refractivity contribution is 0.277. The van der Waals surface area contributed by atoms with Gasteiger partial charge in [-0.1, -0.05) is 0 Å². The van der Waals surface area contributed by atoms with Gasteiger partial charge in [-0.05, 0) is 25.0 Å². The Morgan fingerprint density at radius 2 is 2.16 bits per heavy atom. The number of nitrogens with zero attached hydrogens (tertiary/aromatic N) is 1. The number of anilines is 2. The number of piperidine rings is 1. The monoisotopic (exact) mass is 265 g/mol. The Morgan fingerprint density at radius 1 is 1.42 bits per heavy atom. The normalized spacial score (nSPS) is 16.6. The second kappa shape index (κ2) is 6.63. The predicted octanol–water partition coefficient (Wildman–Crippen LogP) is 0.828. The van der Waals surface area contributed by atoms with Crippen molar-refractivity contribution < 1.29 is 9.84 Å². The summed E-state index contributed by atoms with van der Waals surface area (Å²) in [5.74, 6) is 0.734. The number of aliphatic hydroxyl groups is 1. The molecule has 1 aromatic rings. The average molecular weight is 265 g/mol. The zero-order valence-corrected chi connectivity index (χ0v) is 11.4. The maximum Gasteiger partial charge on any atom is 0.143 e. The van der Waals surface area contributed by atoms with Crippen LogP contribution in [-0.4, -0.2) is 44.5 Å². The van der Waals surface area contributed by atoms with Gasteiger partial charge in [0, 0.05) is 37.4 Å². The summed E-state index contributed by atoms with van der Waals surface area (Å²) in [4.78, 5) is 2.35. The van der Waals surface area contributed by atoms with Gasteiger partial charge in [-0.25, -0.2) is 0 Å². The Hall–Kier alpha value is -1.46. The van der Waals surface area contributed by atoms with Crippen LogP contribution in [0.1, 0.15) is 12.8 Å². The first-order chi connectivity index (χ1) is 9.24. The van der Waals surface area contributed by atoms with Crippen molar-refractivity contribution in [2.24, 2.45) is 0 Å². The highest BCUT2D eigenvalue weighted by molar-refractivity contribution is 5.62. The first-order valence-electron chi connectivity index (χ1n) is 6.77. The second-order valence-electron chi connectivity index (χ2n) is 4.87. The van der Waals surface area contributed by atoms with Crippen molar-refractivity contribution in [2.75, 3.05) is 44.0 Å². The molecular weight excluding hydrogens is 242 g/mol. The SMILES string of the molecule is COc1cc(N2CCC(NCCO)CC2)ccc1N. The zero-order chi connectivity index (χ0) is 13.7. The number of nitrogen functional groups attached to an aromatic ring is 1. The highest BCUT2D eigenvalue weighted by Crippen LogP contribution is 2.29. The summed E-state index contributed by atoms with van der Waals surface area (Å²) in [6, 6.07) is 6.44. The van der Waals surface area contributed by atoms with E-state index in [0.717, 1.165) is 37.4 Å². The molecule has 0 spiro atoms. The van der Waals surface area contributed by atoms with E-state index in [1.54, 1.807) is 7.11 Å². The maximum absolute atomic E-state index is 8.81. The van der Waals surface area contributed by atoms with Crippen LogP contribution >= 0.6 is 0 Å². The molecule has 0 bridgehead atoms. The Labute approximate surface area is 114 Å². The lowest BCUT2D eigenvalue weighted by Crippen LogP contribution is -2.43. The molecule has 1 aromatic carbocycles. The van der Waals surface area contributed by atoms with Crippen molar-refractivity contribution >= 4 is 11.4 Å². The van der Waals surface area contributed by atoms with Crippen LogP contribution in [0.4, 0.5) is 11.4 Å². The van der Waals surface area contributed by atoms with Crippen molar-refractivity contribution in [1.29, 1.82) is 0 Å². The van der Waals surface area contributed by atoms with Gasteiger partial charge in [-0.15, -0.1) is 0 Å². The molecule has 5 nitrogen and oxygen atoms in total. The van der Waals surface area contributed by atoms with E-state index >= 15 is 0 Å². The molecule has 0 atom stereocenters. The molecule has 1 heterocycles. The molecule has 106 valence electrons. The van der Waals surface area contributed by atoms with Crippen LogP contribution in [0.3, 0.4) is 0 Å². The average Bonchev–Trinajstić information content (AvgIpc) is 2.46. The minimum absolute atomic E-state index is 0.204. The molecule has 0 radical (unpaired) electrons. The fraction of sp³-hybridized carbons (Fsp3) is 0.571. The van der Waals surface area contributed by atoms with E-state index in [2.05, 4.69) is 10.2 Å². The van der Waals surface area contributed by atoms with Crippen LogP contribution in [0, 0.1) is 0 Å². The van der Waals surface area contributed by atoms with E-state index in [1.165, 1.54) is 0 Å². The maximum atomic E-state index is 8.81. The Kier molecular flexibility index (Phi) is 4.87. The van der Waals surface area contributed by atoms with E-state index in [0.29, 0.717) is 18.3 Å². The molecule has 1 saturated heterocycles. The molecule has 2 rings (SSSR count). The van der Waals surface area contributed by atoms with Crippen molar-refractivity contribution in [2.45, 2.75) is 18.9 Å². The number of ether oxygens (including phenoxy) is 1. The van der Waals surface area contributed by atoms with Gasteiger partial charge in [-0.3, -0.25) is 0 Å². The number of methoxy groups -OCH3 is 1. The molecule has 0 saturated carbocycles. The van der Waals surface area contributed by atoms with E-state index < -0.39 is 0 Å². The van der Waals surface area contributed by atoms with Gasteiger partial charge in [0.05, 0.1) is 19.4 Å². The van der Waals surface area contributed by atoms with Gasteiger partial charge in [0.15, 0.2) is 0 Å². The topological polar surface area (TPSA) is 70.8 Å². The number of hydrogen-bond acceptors (Lipinski definition) is 5. The zero-order valence-electron chi connectivity index (χ0n) is 11.4. The number of nitrogens with two attached hydrogens (primary N) is 1. The minimum Gasteiger partial charge on any atom is -0.495 e. The molecule has 1 aliphatic heterocycles. The molecule has 1 fully saturated rings. The predicted molar refractivity (Wildman–Crippen MR) is 77.7 cm³/mol. The van der Waals surface area contributed by atoms with E-state index in [4.69, 9.17) is 15.6 Å². The fourth-order valence-corrected chi connectivity index (χ4v) is 2.51. The van der Waals surface area contributed by atoms with E-state index in [1.807, 2.05) is 18.2 Å². The van der Waals surface area contributed by atoms with Crippen molar-refractivity contribution in [3.8, 4) is 5.75 Å². The summed E-state index contributed by atoms with van der Waals surface area (Å²) >= 11 is 0. The molecule has 0 unspecified atom stereocenters. The van der Waals surface area contributed by atoms with Crippen LogP contribution in [0.25, 0.3) is 0 Å². The fourth-order valence-electron chi connectivity index (χ4n) is 2.51. The number of benzene rings is 1. The van der Waals surface area contributed by atoms with E-state index in [-0.39, 0.29) is 6.61 Å². The Morgan fingerprint density at radius 3 is 2.79 bits per heavy atom. The van der Waals surface area contributed by atoms with Crippen molar-refractivity contribution in [1.82, 2.24) is 5.32 Å². The third-order valence-electron chi connectivity index (χ3n) is 3.62. The van der Waals surface area contributed by atoms with Crippen molar-refractivity contribution in [3.05, 3.63) is 18.2 Å². The van der Waals surface area contributed by atoms with Gasteiger partial charge in [0.25, 0.3) is 0 Å². The molecule has 0 aliphatic carbocycles. The molecule has 1 aliphatic rings.